The Morgan fingerprint density at radius 1 is 1.03 bits per heavy atom. The minimum absolute atomic E-state index is 0.119. The molecule has 3 heterocycles. The maximum atomic E-state index is 13.3. The Balaban J connectivity index is 1.63. The fourth-order valence-corrected chi connectivity index (χ4v) is 5.01. The molecular weight excluding hydrogens is 465 g/mol. The van der Waals surface area contributed by atoms with Gasteiger partial charge in [0.15, 0.2) is 0 Å². The van der Waals surface area contributed by atoms with Crippen molar-refractivity contribution < 1.29 is 19.1 Å². The van der Waals surface area contributed by atoms with Gasteiger partial charge in [0.05, 0.1) is 28.2 Å². The highest BCUT2D eigenvalue weighted by Crippen LogP contribution is 2.49. The van der Waals surface area contributed by atoms with Crippen molar-refractivity contribution in [2.45, 2.75) is 57.7 Å². The largest absolute Gasteiger partial charge is 0.373 e. The molecular formula is C24H25Cl2N3O4. The lowest BCUT2D eigenvalue weighted by atomic mass is 9.75. The van der Waals surface area contributed by atoms with Gasteiger partial charge in [-0.25, -0.2) is 9.88 Å². The van der Waals surface area contributed by atoms with Crippen LogP contribution in [0.2, 0.25) is 10.0 Å². The molecule has 0 radical (unpaired) electrons. The Morgan fingerprint density at radius 2 is 1.73 bits per heavy atom. The number of hydrogen-bond acceptors (Lipinski definition) is 5. The average Bonchev–Trinajstić information content (AvgIpc) is 3.43. The molecule has 2 aliphatic rings. The van der Waals surface area contributed by atoms with Crippen LogP contribution in [-0.4, -0.2) is 34.9 Å². The summed E-state index contributed by atoms with van der Waals surface area (Å²) in [6.07, 6.45) is 3.26. The van der Waals surface area contributed by atoms with E-state index in [-0.39, 0.29) is 54.5 Å². The number of hydrogen-bond donors (Lipinski definition) is 1. The number of ether oxygens (including phenoxy) is 1. The first-order valence-corrected chi connectivity index (χ1v) is 11.8. The summed E-state index contributed by atoms with van der Waals surface area (Å²) in [6, 6.07) is 8.50. The molecule has 174 valence electrons. The lowest BCUT2D eigenvalue weighted by Gasteiger charge is -2.28. The first-order chi connectivity index (χ1) is 15.8. The molecule has 1 aromatic heterocycles. The Morgan fingerprint density at radius 3 is 2.39 bits per heavy atom. The molecule has 0 spiro atoms. The Labute approximate surface area is 202 Å². The van der Waals surface area contributed by atoms with Gasteiger partial charge in [0.2, 0.25) is 17.7 Å². The summed E-state index contributed by atoms with van der Waals surface area (Å²) in [5.74, 6) is -1.17. The zero-order chi connectivity index (χ0) is 23.7. The summed E-state index contributed by atoms with van der Waals surface area (Å²) >= 11 is 12.1. The number of anilines is 2. The number of carbonyl (C=O) groups is 3. The highest BCUT2D eigenvalue weighted by molar-refractivity contribution is 6.42. The van der Waals surface area contributed by atoms with Gasteiger partial charge in [-0.2, -0.15) is 0 Å². The molecule has 0 aliphatic carbocycles. The first kappa shape index (κ1) is 23.7. The number of imide groups is 1. The number of pyridine rings is 1. The number of halogens is 2. The van der Waals surface area contributed by atoms with Crippen molar-refractivity contribution in [2.24, 2.45) is 5.92 Å². The van der Waals surface area contributed by atoms with Gasteiger partial charge in [0.25, 0.3) is 0 Å². The van der Waals surface area contributed by atoms with E-state index in [0.29, 0.717) is 15.7 Å². The monoisotopic (exact) mass is 489 g/mol. The van der Waals surface area contributed by atoms with E-state index in [9.17, 15) is 14.4 Å². The van der Waals surface area contributed by atoms with Crippen LogP contribution in [0, 0.1) is 5.92 Å². The first-order valence-electron chi connectivity index (χ1n) is 11.1. The third-order valence-electron chi connectivity index (χ3n) is 6.25. The molecule has 1 N–H and O–H groups in total. The van der Waals surface area contributed by atoms with Gasteiger partial charge in [0.1, 0.15) is 5.82 Å². The van der Waals surface area contributed by atoms with Crippen LogP contribution < -0.4 is 10.2 Å². The molecule has 3 amide bonds. The second-order valence-corrected chi connectivity index (χ2v) is 9.05. The van der Waals surface area contributed by atoms with Gasteiger partial charge in [-0.1, -0.05) is 37.0 Å². The van der Waals surface area contributed by atoms with Crippen LogP contribution in [0.4, 0.5) is 11.5 Å². The Bertz CT molecular complexity index is 1080. The van der Waals surface area contributed by atoms with Gasteiger partial charge in [0, 0.05) is 30.6 Å². The second-order valence-electron chi connectivity index (χ2n) is 8.24. The summed E-state index contributed by atoms with van der Waals surface area (Å²) < 4.78 is 6.12. The number of nitrogens with zero attached hydrogens (tertiary/aromatic N) is 2. The number of amides is 3. The third-order valence-corrected chi connectivity index (χ3v) is 6.99. The van der Waals surface area contributed by atoms with Crippen LogP contribution in [-0.2, 0) is 19.1 Å². The highest BCUT2D eigenvalue weighted by Gasteiger charge is 2.53. The molecule has 7 nitrogen and oxygen atoms in total. The van der Waals surface area contributed by atoms with E-state index in [0.717, 1.165) is 23.3 Å². The SMILES string of the molecule is CCC(=O)N(C(=O)CC)c1cc(C2C3CCC(O3)C2C(=O)Nc2ccc(Cl)c(Cl)c2)ccn1. The highest BCUT2D eigenvalue weighted by atomic mass is 35.5. The van der Waals surface area contributed by atoms with E-state index in [1.54, 1.807) is 44.3 Å². The van der Waals surface area contributed by atoms with Gasteiger partial charge in [-0.15, -0.1) is 0 Å². The number of fused-ring (bicyclic) bond motifs is 2. The van der Waals surface area contributed by atoms with Crippen LogP contribution in [0.5, 0.6) is 0 Å². The number of rotatable bonds is 6. The van der Waals surface area contributed by atoms with E-state index < -0.39 is 5.92 Å². The van der Waals surface area contributed by atoms with Crippen molar-refractivity contribution in [1.29, 1.82) is 0 Å². The standard InChI is InChI=1S/C24H25Cl2N3O4/c1-3-20(30)29(21(31)4-2)19-11-13(9-10-27-19)22-17-7-8-18(33-17)23(22)24(32)28-14-5-6-15(25)16(26)12-14/h5-6,9-12,17-18,22-23H,3-4,7-8H2,1-2H3,(H,28,32). The minimum Gasteiger partial charge on any atom is -0.373 e. The fraction of sp³-hybridized carbons (Fsp3) is 0.417. The molecule has 4 rings (SSSR count). The molecule has 2 saturated heterocycles. The van der Waals surface area contributed by atoms with Gasteiger partial charge < -0.3 is 10.1 Å². The smallest absolute Gasteiger partial charge is 0.234 e. The van der Waals surface area contributed by atoms with Crippen molar-refractivity contribution in [2.75, 3.05) is 10.2 Å². The maximum Gasteiger partial charge on any atom is 0.234 e. The zero-order valence-corrected chi connectivity index (χ0v) is 19.9. The molecule has 2 bridgehead atoms. The Hall–Kier alpha value is -2.48. The number of carbonyl (C=O) groups excluding carboxylic acids is 3. The van der Waals surface area contributed by atoms with Crippen LogP contribution in [0.1, 0.15) is 51.0 Å². The van der Waals surface area contributed by atoms with Gasteiger partial charge in [-0.3, -0.25) is 14.4 Å². The molecule has 9 heteroatoms. The van der Waals surface area contributed by atoms with E-state index in [1.165, 1.54) is 0 Å². The number of benzene rings is 1. The predicted molar refractivity (Wildman–Crippen MR) is 127 cm³/mol. The van der Waals surface area contributed by atoms with Crippen molar-refractivity contribution >= 4 is 52.4 Å². The van der Waals surface area contributed by atoms with Crippen molar-refractivity contribution in [3.63, 3.8) is 0 Å². The quantitative estimate of drug-likeness (QED) is 0.618. The molecule has 33 heavy (non-hydrogen) atoms. The van der Waals surface area contributed by atoms with Crippen LogP contribution >= 0.6 is 23.2 Å². The maximum absolute atomic E-state index is 13.3. The van der Waals surface area contributed by atoms with Crippen molar-refractivity contribution in [3.8, 4) is 0 Å². The fourth-order valence-electron chi connectivity index (χ4n) is 4.71. The summed E-state index contributed by atoms with van der Waals surface area (Å²) in [7, 11) is 0. The molecule has 2 fully saturated rings. The van der Waals surface area contributed by atoms with Crippen molar-refractivity contribution in [1.82, 2.24) is 4.98 Å². The number of nitrogens with one attached hydrogen (secondary N) is 1. The topological polar surface area (TPSA) is 88.6 Å². The molecule has 2 aromatic rings. The minimum atomic E-state index is -0.425. The normalized spacial score (nSPS) is 23.4. The van der Waals surface area contributed by atoms with Crippen molar-refractivity contribution in [3.05, 3.63) is 52.1 Å². The van der Waals surface area contributed by atoms with E-state index in [2.05, 4.69) is 10.3 Å². The van der Waals surface area contributed by atoms with E-state index in [1.807, 2.05) is 6.07 Å². The molecule has 0 saturated carbocycles. The van der Waals surface area contributed by atoms with E-state index in [4.69, 9.17) is 27.9 Å². The zero-order valence-electron chi connectivity index (χ0n) is 18.4. The van der Waals surface area contributed by atoms with Crippen LogP contribution in [0.3, 0.4) is 0 Å². The number of aromatic nitrogens is 1. The lowest BCUT2D eigenvalue weighted by molar-refractivity contribution is -0.126. The van der Waals surface area contributed by atoms with Crippen LogP contribution in [0.25, 0.3) is 0 Å². The van der Waals surface area contributed by atoms with Crippen LogP contribution in [0.15, 0.2) is 36.5 Å². The summed E-state index contributed by atoms with van der Waals surface area (Å²) in [5.41, 5.74) is 1.37. The molecule has 4 atom stereocenters. The van der Waals surface area contributed by atoms with Gasteiger partial charge >= 0.3 is 0 Å². The Kier molecular flexibility index (Phi) is 7.02. The summed E-state index contributed by atoms with van der Waals surface area (Å²) in [5, 5.41) is 3.70. The summed E-state index contributed by atoms with van der Waals surface area (Å²) in [6.45, 7) is 3.41. The molecule has 2 aliphatic heterocycles. The average molecular weight is 490 g/mol. The summed E-state index contributed by atoms with van der Waals surface area (Å²) in [4.78, 5) is 43.6. The van der Waals surface area contributed by atoms with E-state index >= 15 is 0 Å². The predicted octanol–water partition coefficient (Wildman–Crippen LogP) is 4.97. The lowest BCUT2D eigenvalue weighted by Crippen LogP contribution is -2.38. The third kappa shape index (κ3) is 4.63. The van der Waals surface area contributed by atoms with Gasteiger partial charge in [-0.05, 0) is 48.7 Å². The molecule has 4 unspecified atom stereocenters. The molecule has 1 aromatic carbocycles. The second kappa shape index (κ2) is 9.79.